The fourth-order valence-corrected chi connectivity index (χ4v) is 2.91. The Morgan fingerprint density at radius 3 is 2.77 bits per heavy atom. The zero-order valence-corrected chi connectivity index (χ0v) is 12.4. The normalized spacial score (nSPS) is 14.3. The second kappa shape index (κ2) is 5.88. The highest BCUT2D eigenvalue weighted by atomic mass is 32.2. The Morgan fingerprint density at radius 1 is 1.45 bits per heavy atom. The lowest BCUT2D eigenvalue weighted by molar-refractivity contribution is 0.0395. The van der Waals surface area contributed by atoms with Crippen LogP contribution < -0.4 is 4.72 Å². The third-order valence-corrected chi connectivity index (χ3v) is 4.43. The maximum atomic E-state index is 13.2. The number of hydrogen-bond acceptors (Lipinski definition) is 5. The van der Waals surface area contributed by atoms with Gasteiger partial charge in [0.05, 0.1) is 16.7 Å². The van der Waals surface area contributed by atoms with Gasteiger partial charge in [0.25, 0.3) is 0 Å². The Kier molecular flexibility index (Phi) is 4.32. The van der Waals surface area contributed by atoms with Crippen LogP contribution in [0.15, 0.2) is 45.9 Å². The minimum absolute atomic E-state index is 0.201. The van der Waals surface area contributed by atoms with Gasteiger partial charge in [0.15, 0.2) is 0 Å². The summed E-state index contributed by atoms with van der Waals surface area (Å²) >= 11 is 0. The summed E-state index contributed by atoms with van der Waals surface area (Å²) in [6.45, 7) is 1.04. The van der Waals surface area contributed by atoms with Gasteiger partial charge in [-0.1, -0.05) is 0 Å². The summed E-state index contributed by atoms with van der Waals surface area (Å²) in [7, 11) is -4.00. The molecule has 0 radical (unpaired) electrons. The van der Waals surface area contributed by atoms with Crippen molar-refractivity contribution in [2.45, 2.75) is 17.4 Å². The summed E-state index contributed by atoms with van der Waals surface area (Å²) in [5.74, 6) is -0.601. The molecular weight excluding hydrogens is 311 g/mol. The Labute approximate surface area is 126 Å². The number of halogens is 1. The predicted octanol–water partition coefficient (Wildman–Crippen LogP) is 1.48. The summed E-state index contributed by atoms with van der Waals surface area (Å²) in [6, 6.07) is 7.52. The molecule has 0 saturated carbocycles. The molecular formula is C14H13FN2O4S. The molecule has 2 rings (SSSR count). The lowest BCUT2D eigenvalue weighted by atomic mass is 10.1. The Balaban J connectivity index is 2.20. The van der Waals surface area contributed by atoms with Gasteiger partial charge in [-0.15, -0.1) is 0 Å². The SMILES string of the molecule is C[C@@](O)(CNS(=O)(=O)c1ccc(F)c(C#N)c1)c1ccco1. The minimum atomic E-state index is -4.00. The summed E-state index contributed by atoms with van der Waals surface area (Å²) in [5, 5.41) is 18.9. The van der Waals surface area contributed by atoms with Gasteiger partial charge in [0.2, 0.25) is 10.0 Å². The van der Waals surface area contributed by atoms with E-state index in [1.807, 2.05) is 0 Å². The molecule has 1 atom stereocenters. The van der Waals surface area contributed by atoms with Crippen molar-refractivity contribution in [1.29, 1.82) is 5.26 Å². The zero-order chi connectivity index (χ0) is 16.4. The summed E-state index contributed by atoms with van der Waals surface area (Å²) in [5.41, 5.74) is -1.92. The molecule has 6 nitrogen and oxygen atoms in total. The highest BCUT2D eigenvalue weighted by Gasteiger charge is 2.29. The lowest BCUT2D eigenvalue weighted by Gasteiger charge is -2.21. The molecule has 2 N–H and O–H groups in total. The van der Waals surface area contributed by atoms with E-state index in [9.17, 15) is 17.9 Å². The molecule has 0 bridgehead atoms. The molecule has 0 spiro atoms. The monoisotopic (exact) mass is 324 g/mol. The molecule has 8 heteroatoms. The second-order valence-corrected chi connectivity index (χ2v) is 6.60. The van der Waals surface area contributed by atoms with E-state index in [0.29, 0.717) is 0 Å². The molecule has 0 unspecified atom stereocenters. The molecule has 0 aliphatic heterocycles. The van der Waals surface area contributed by atoms with Crippen molar-refractivity contribution in [3.63, 3.8) is 0 Å². The van der Waals surface area contributed by atoms with Crippen LogP contribution in [0.25, 0.3) is 0 Å². The number of aliphatic hydroxyl groups is 1. The van der Waals surface area contributed by atoms with Crippen LogP contribution in [-0.4, -0.2) is 20.1 Å². The van der Waals surface area contributed by atoms with Gasteiger partial charge in [0, 0.05) is 6.54 Å². The molecule has 0 saturated heterocycles. The van der Waals surface area contributed by atoms with Gasteiger partial charge in [-0.3, -0.25) is 0 Å². The standard InChI is InChI=1S/C14H13FN2O4S/c1-14(18,13-3-2-6-21-13)9-17-22(19,20)11-4-5-12(15)10(7-11)8-16/h2-7,17-18H,9H2,1H3/t14-/m1/s1. The maximum Gasteiger partial charge on any atom is 0.240 e. The first-order chi connectivity index (χ1) is 10.3. The van der Waals surface area contributed by atoms with Gasteiger partial charge < -0.3 is 9.52 Å². The van der Waals surface area contributed by atoms with Gasteiger partial charge >= 0.3 is 0 Å². The van der Waals surface area contributed by atoms with Crippen LogP contribution >= 0.6 is 0 Å². The molecule has 1 heterocycles. The largest absolute Gasteiger partial charge is 0.466 e. The number of furan rings is 1. The Bertz CT molecular complexity index is 808. The second-order valence-electron chi connectivity index (χ2n) is 4.83. The summed E-state index contributed by atoms with van der Waals surface area (Å²) < 4.78 is 44.8. The minimum Gasteiger partial charge on any atom is -0.466 e. The van der Waals surface area contributed by atoms with Gasteiger partial charge in [0.1, 0.15) is 23.2 Å². The number of benzene rings is 1. The molecule has 1 aromatic carbocycles. The van der Waals surface area contributed by atoms with Crippen LogP contribution in [0.2, 0.25) is 0 Å². The lowest BCUT2D eigenvalue weighted by Crippen LogP contribution is -2.38. The number of rotatable bonds is 5. The fourth-order valence-electron chi connectivity index (χ4n) is 1.75. The van der Waals surface area contributed by atoms with E-state index in [4.69, 9.17) is 9.68 Å². The molecule has 0 fully saturated rings. The van der Waals surface area contributed by atoms with E-state index in [-0.39, 0.29) is 22.8 Å². The Hall–Kier alpha value is -2.21. The number of nitriles is 1. The van der Waals surface area contributed by atoms with Crippen molar-refractivity contribution in [2.24, 2.45) is 0 Å². The smallest absolute Gasteiger partial charge is 0.240 e. The van der Waals surface area contributed by atoms with Crippen molar-refractivity contribution >= 4 is 10.0 Å². The molecule has 0 aliphatic carbocycles. The van der Waals surface area contributed by atoms with Crippen LogP contribution in [0.5, 0.6) is 0 Å². The van der Waals surface area contributed by atoms with Crippen molar-refractivity contribution in [3.05, 3.63) is 53.7 Å². The van der Waals surface area contributed by atoms with Gasteiger partial charge in [-0.05, 0) is 37.3 Å². The zero-order valence-electron chi connectivity index (χ0n) is 11.6. The van der Waals surface area contributed by atoms with Crippen LogP contribution in [0.3, 0.4) is 0 Å². The third-order valence-electron chi connectivity index (χ3n) is 3.03. The fraction of sp³-hybridized carbons (Fsp3) is 0.214. The van der Waals surface area contributed by atoms with E-state index in [2.05, 4.69) is 4.72 Å². The van der Waals surface area contributed by atoms with Crippen molar-refractivity contribution < 1.29 is 22.3 Å². The van der Waals surface area contributed by atoms with Crippen LogP contribution in [-0.2, 0) is 15.6 Å². The van der Waals surface area contributed by atoms with Crippen LogP contribution in [0.1, 0.15) is 18.2 Å². The van der Waals surface area contributed by atoms with E-state index in [1.54, 1.807) is 12.1 Å². The maximum absolute atomic E-state index is 13.2. The average molecular weight is 324 g/mol. The molecule has 116 valence electrons. The first kappa shape index (κ1) is 16.2. The number of sulfonamides is 1. The third kappa shape index (κ3) is 3.33. The van der Waals surface area contributed by atoms with Crippen LogP contribution in [0, 0.1) is 17.1 Å². The average Bonchev–Trinajstić information content (AvgIpc) is 3.01. The first-order valence-corrected chi connectivity index (χ1v) is 7.70. The van der Waals surface area contributed by atoms with Gasteiger partial charge in [-0.2, -0.15) is 5.26 Å². The number of hydrogen-bond donors (Lipinski definition) is 2. The quantitative estimate of drug-likeness (QED) is 0.867. The van der Waals surface area contributed by atoms with E-state index in [0.717, 1.165) is 18.2 Å². The van der Waals surface area contributed by atoms with E-state index in [1.165, 1.54) is 19.3 Å². The predicted molar refractivity (Wildman–Crippen MR) is 74.6 cm³/mol. The van der Waals surface area contributed by atoms with Crippen molar-refractivity contribution in [1.82, 2.24) is 4.72 Å². The molecule has 2 aromatic rings. The molecule has 0 amide bonds. The van der Waals surface area contributed by atoms with E-state index < -0.39 is 21.4 Å². The van der Waals surface area contributed by atoms with Crippen LogP contribution in [0.4, 0.5) is 4.39 Å². The van der Waals surface area contributed by atoms with Crippen molar-refractivity contribution in [3.8, 4) is 6.07 Å². The first-order valence-electron chi connectivity index (χ1n) is 6.22. The van der Waals surface area contributed by atoms with E-state index >= 15 is 0 Å². The molecule has 0 aliphatic rings. The Morgan fingerprint density at radius 2 is 2.18 bits per heavy atom. The number of nitrogens with zero attached hydrogens (tertiary/aromatic N) is 1. The molecule has 22 heavy (non-hydrogen) atoms. The van der Waals surface area contributed by atoms with Gasteiger partial charge in [-0.25, -0.2) is 17.5 Å². The van der Waals surface area contributed by atoms with Crippen molar-refractivity contribution in [2.75, 3.05) is 6.54 Å². The topological polar surface area (TPSA) is 103 Å². The highest BCUT2D eigenvalue weighted by molar-refractivity contribution is 7.89. The summed E-state index contributed by atoms with van der Waals surface area (Å²) in [6.07, 6.45) is 1.36. The highest BCUT2D eigenvalue weighted by Crippen LogP contribution is 2.21. The molecule has 1 aromatic heterocycles. The number of nitrogens with one attached hydrogen (secondary N) is 1. The summed E-state index contributed by atoms with van der Waals surface area (Å²) in [4.78, 5) is -0.263.